The van der Waals surface area contributed by atoms with Crippen LogP contribution in [0.1, 0.15) is 12.5 Å². The van der Waals surface area contributed by atoms with Crippen LogP contribution in [0.15, 0.2) is 52.1 Å². The molecule has 0 aliphatic heterocycles. The van der Waals surface area contributed by atoms with Gasteiger partial charge in [0.05, 0.1) is 21.9 Å². The highest BCUT2D eigenvalue weighted by Gasteiger charge is 2.15. The molecule has 1 heterocycles. The predicted octanol–water partition coefficient (Wildman–Crippen LogP) is 3.84. The van der Waals surface area contributed by atoms with Crippen LogP contribution in [-0.2, 0) is 4.79 Å². The monoisotopic (exact) mass is 361 g/mol. The average molecular weight is 362 g/mol. The van der Waals surface area contributed by atoms with Crippen LogP contribution in [0.5, 0.6) is 0 Å². The van der Waals surface area contributed by atoms with Gasteiger partial charge in [-0.25, -0.2) is 4.98 Å². The summed E-state index contributed by atoms with van der Waals surface area (Å²) in [4.78, 5) is 16.3. The van der Waals surface area contributed by atoms with E-state index < -0.39 is 0 Å². The van der Waals surface area contributed by atoms with Crippen LogP contribution in [0.25, 0.3) is 0 Å². The molecule has 106 valence electrons. The predicted molar refractivity (Wildman–Crippen MR) is 87.0 cm³/mol. The Hall–Kier alpha value is -1.84. The summed E-state index contributed by atoms with van der Waals surface area (Å²) in [7, 11) is 0. The summed E-state index contributed by atoms with van der Waals surface area (Å²) in [5.41, 5.74) is 1.24. The Bertz CT molecular complexity index is 665. The number of anilines is 1. The number of nitriles is 1. The molecular weight excluding hydrogens is 350 g/mol. The van der Waals surface area contributed by atoms with Crippen LogP contribution in [0.2, 0.25) is 0 Å². The fraction of sp³-hybridized carbons (Fsp3) is 0.133. The maximum Gasteiger partial charge on any atom is 0.237 e. The van der Waals surface area contributed by atoms with Crippen LogP contribution < -0.4 is 5.32 Å². The average Bonchev–Trinajstić information content (AvgIpc) is 2.50. The van der Waals surface area contributed by atoms with E-state index in [4.69, 9.17) is 5.26 Å². The minimum absolute atomic E-state index is 0.102. The molecule has 1 unspecified atom stereocenters. The SMILES string of the molecule is CC(Sc1ccc(Br)cn1)C(=O)Nc1ccc(C#N)cc1. The van der Waals surface area contributed by atoms with E-state index in [0.29, 0.717) is 11.3 Å². The number of amides is 1. The van der Waals surface area contributed by atoms with E-state index in [9.17, 15) is 4.79 Å². The fourth-order valence-electron chi connectivity index (χ4n) is 1.54. The number of nitrogens with one attached hydrogen (secondary N) is 1. The molecule has 0 saturated carbocycles. The zero-order chi connectivity index (χ0) is 15.2. The van der Waals surface area contributed by atoms with Gasteiger partial charge in [-0.05, 0) is 59.3 Å². The number of carbonyl (C=O) groups excluding carboxylic acids is 1. The van der Waals surface area contributed by atoms with Crippen LogP contribution in [0.3, 0.4) is 0 Å². The van der Waals surface area contributed by atoms with Gasteiger partial charge in [0.25, 0.3) is 0 Å². The number of hydrogen-bond acceptors (Lipinski definition) is 4. The molecule has 1 N–H and O–H groups in total. The summed E-state index contributed by atoms with van der Waals surface area (Å²) in [5, 5.41) is 12.1. The van der Waals surface area contributed by atoms with Gasteiger partial charge in [0.15, 0.2) is 0 Å². The first-order valence-corrected chi connectivity index (χ1v) is 7.85. The number of benzene rings is 1. The smallest absolute Gasteiger partial charge is 0.237 e. The van der Waals surface area contributed by atoms with Crippen LogP contribution in [0.4, 0.5) is 5.69 Å². The van der Waals surface area contributed by atoms with E-state index in [2.05, 4.69) is 26.2 Å². The Morgan fingerprint density at radius 1 is 1.33 bits per heavy atom. The highest BCUT2D eigenvalue weighted by molar-refractivity contribution is 9.10. The minimum Gasteiger partial charge on any atom is -0.325 e. The van der Waals surface area contributed by atoms with Crippen molar-refractivity contribution in [3.05, 3.63) is 52.6 Å². The molecule has 1 aromatic carbocycles. The van der Waals surface area contributed by atoms with E-state index in [1.165, 1.54) is 11.8 Å². The van der Waals surface area contributed by atoms with Gasteiger partial charge in [0.1, 0.15) is 0 Å². The third kappa shape index (κ3) is 4.59. The quantitative estimate of drug-likeness (QED) is 0.840. The number of nitrogens with zero attached hydrogens (tertiary/aromatic N) is 2. The summed E-state index contributed by atoms with van der Waals surface area (Å²) < 4.78 is 0.904. The zero-order valence-corrected chi connectivity index (χ0v) is 13.6. The number of thioether (sulfide) groups is 1. The zero-order valence-electron chi connectivity index (χ0n) is 11.2. The summed E-state index contributed by atoms with van der Waals surface area (Å²) in [6.45, 7) is 1.83. The Morgan fingerprint density at radius 3 is 2.62 bits per heavy atom. The number of rotatable bonds is 4. The number of pyridine rings is 1. The lowest BCUT2D eigenvalue weighted by Gasteiger charge is -2.11. The Balaban J connectivity index is 1.95. The molecule has 0 aliphatic rings. The lowest BCUT2D eigenvalue weighted by Crippen LogP contribution is -2.22. The Morgan fingerprint density at radius 2 is 2.05 bits per heavy atom. The lowest BCUT2D eigenvalue weighted by atomic mass is 10.2. The Kier molecular flexibility index (Phi) is 5.37. The molecule has 1 atom stereocenters. The van der Waals surface area contributed by atoms with Crippen molar-refractivity contribution in [3.8, 4) is 6.07 Å². The molecule has 1 amide bonds. The second kappa shape index (κ2) is 7.25. The van der Waals surface area contributed by atoms with Crippen molar-refractivity contribution in [1.29, 1.82) is 5.26 Å². The summed E-state index contributed by atoms with van der Waals surface area (Å²) in [5.74, 6) is -0.102. The largest absolute Gasteiger partial charge is 0.325 e. The normalized spacial score (nSPS) is 11.5. The second-order valence-corrected chi connectivity index (χ2v) is 6.53. The summed E-state index contributed by atoms with van der Waals surface area (Å²) >= 11 is 4.71. The van der Waals surface area contributed by atoms with E-state index >= 15 is 0 Å². The van der Waals surface area contributed by atoms with Crippen molar-refractivity contribution in [2.45, 2.75) is 17.2 Å². The molecule has 0 radical (unpaired) electrons. The van der Waals surface area contributed by atoms with Crippen molar-refractivity contribution in [2.75, 3.05) is 5.32 Å². The molecule has 0 spiro atoms. The fourth-order valence-corrected chi connectivity index (χ4v) is 2.56. The standard InChI is InChI=1S/C15H12BrN3OS/c1-10(21-14-7-4-12(16)9-18-14)15(20)19-13-5-2-11(8-17)3-6-13/h2-7,9-10H,1H3,(H,19,20). The summed E-state index contributed by atoms with van der Waals surface area (Å²) in [6.07, 6.45) is 1.70. The Labute approximate surface area is 135 Å². The second-order valence-electron chi connectivity index (χ2n) is 4.25. The van der Waals surface area contributed by atoms with Gasteiger partial charge in [-0.1, -0.05) is 11.8 Å². The molecule has 1 aromatic heterocycles. The molecular formula is C15H12BrN3OS. The molecule has 4 nitrogen and oxygen atoms in total. The third-order valence-corrected chi connectivity index (χ3v) is 4.17. The van der Waals surface area contributed by atoms with Crippen LogP contribution in [0, 0.1) is 11.3 Å². The van der Waals surface area contributed by atoms with Crippen molar-refractivity contribution in [2.24, 2.45) is 0 Å². The van der Waals surface area contributed by atoms with E-state index in [1.54, 1.807) is 30.5 Å². The maximum absolute atomic E-state index is 12.1. The highest BCUT2D eigenvalue weighted by atomic mass is 79.9. The molecule has 6 heteroatoms. The van der Waals surface area contributed by atoms with Gasteiger partial charge in [0.2, 0.25) is 5.91 Å². The van der Waals surface area contributed by atoms with Gasteiger partial charge < -0.3 is 5.32 Å². The topological polar surface area (TPSA) is 65.8 Å². The maximum atomic E-state index is 12.1. The highest BCUT2D eigenvalue weighted by Crippen LogP contribution is 2.23. The molecule has 0 aliphatic carbocycles. The number of hydrogen-bond donors (Lipinski definition) is 1. The van der Waals surface area contributed by atoms with Gasteiger partial charge >= 0.3 is 0 Å². The lowest BCUT2D eigenvalue weighted by molar-refractivity contribution is -0.115. The summed E-state index contributed by atoms with van der Waals surface area (Å²) in [6, 6.07) is 12.6. The van der Waals surface area contributed by atoms with Gasteiger partial charge in [0, 0.05) is 16.4 Å². The van der Waals surface area contributed by atoms with E-state index in [-0.39, 0.29) is 11.2 Å². The van der Waals surface area contributed by atoms with Gasteiger partial charge in [-0.3, -0.25) is 4.79 Å². The molecule has 2 rings (SSSR count). The number of halogens is 1. The first kappa shape index (κ1) is 15.5. The number of aromatic nitrogens is 1. The molecule has 0 saturated heterocycles. The van der Waals surface area contributed by atoms with Crippen LogP contribution in [-0.4, -0.2) is 16.1 Å². The minimum atomic E-state index is -0.269. The van der Waals surface area contributed by atoms with Crippen molar-refractivity contribution < 1.29 is 4.79 Å². The molecule has 0 bridgehead atoms. The van der Waals surface area contributed by atoms with Crippen molar-refractivity contribution in [1.82, 2.24) is 4.98 Å². The van der Waals surface area contributed by atoms with Crippen molar-refractivity contribution >= 4 is 39.3 Å². The van der Waals surface area contributed by atoms with Gasteiger partial charge in [-0.2, -0.15) is 5.26 Å². The first-order valence-electron chi connectivity index (χ1n) is 6.18. The van der Waals surface area contributed by atoms with Gasteiger partial charge in [-0.15, -0.1) is 0 Å². The molecule has 2 aromatic rings. The van der Waals surface area contributed by atoms with E-state index in [0.717, 1.165) is 9.50 Å². The molecule has 21 heavy (non-hydrogen) atoms. The van der Waals surface area contributed by atoms with Crippen molar-refractivity contribution in [3.63, 3.8) is 0 Å². The van der Waals surface area contributed by atoms with Crippen LogP contribution >= 0.6 is 27.7 Å². The molecule has 0 fully saturated rings. The van der Waals surface area contributed by atoms with E-state index in [1.807, 2.05) is 25.1 Å². The number of carbonyl (C=O) groups is 1. The third-order valence-electron chi connectivity index (χ3n) is 2.65. The first-order chi connectivity index (χ1) is 10.1.